The molecule has 0 heterocycles. The molecule has 1 aliphatic rings. The van der Waals surface area contributed by atoms with E-state index >= 15 is 0 Å². The minimum atomic E-state index is 0. The summed E-state index contributed by atoms with van der Waals surface area (Å²) in [6.45, 7) is 3.16. The van der Waals surface area contributed by atoms with Crippen LogP contribution in [0.15, 0.2) is 23.6 Å². The number of ether oxygens (including phenoxy) is 1. The molecule has 0 saturated carbocycles. The van der Waals surface area contributed by atoms with Crippen LogP contribution in [0.4, 0.5) is 0 Å². The molecule has 0 atom stereocenters. The first-order valence-corrected chi connectivity index (χ1v) is 4.44. The normalized spacial score (nSPS) is 15.3. The molecule has 0 spiro atoms. The first-order valence-electron chi connectivity index (χ1n) is 4.44. The molecule has 0 amide bonds. The largest absolute Gasteiger partial charge is 0.499 e. The molecule has 2 nitrogen and oxygen atoms in total. The second-order valence-corrected chi connectivity index (χ2v) is 2.97. The number of nitrogens with zero attached hydrogens (tertiary/aromatic N) is 1. The van der Waals surface area contributed by atoms with Gasteiger partial charge in [-0.25, -0.2) is 0 Å². The number of allylic oxidation sites excluding steroid dienone is 3. The lowest BCUT2D eigenvalue weighted by atomic mass is 10.1. The molecule has 0 bridgehead atoms. The Morgan fingerprint density at radius 1 is 1.54 bits per heavy atom. The highest BCUT2D eigenvalue weighted by atomic mass is 127. The van der Waals surface area contributed by atoms with Crippen molar-refractivity contribution in [2.75, 3.05) is 20.7 Å². The van der Waals surface area contributed by atoms with Crippen molar-refractivity contribution in [2.45, 2.75) is 19.8 Å². The Bertz CT molecular complexity index is 211. The molecule has 0 unspecified atom stereocenters. The van der Waals surface area contributed by atoms with E-state index in [2.05, 4.69) is 31.0 Å². The molecule has 0 aromatic carbocycles. The van der Waals surface area contributed by atoms with Gasteiger partial charge in [-0.3, -0.25) is 0 Å². The van der Waals surface area contributed by atoms with E-state index in [0.29, 0.717) is 0 Å². The quantitative estimate of drug-likeness (QED) is 0.742. The van der Waals surface area contributed by atoms with Gasteiger partial charge in [0.2, 0.25) is 0 Å². The van der Waals surface area contributed by atoms with E-state index in [1.807, 2.05) is 0 Å². The van der Waals surface area contributed by atoms with Crippen molar-refractivity contribution in [3.8, 4) is 0 Å². The van der Waals surface area contributed by atoms with Gasteiger partial charge in [-0.1, -0.05) is 6.08 Å². The maximum Gasteiger partial charge on any atom is 0.119 e. The molecular formula is C10H18INO. The summed E-state index contributed by atoms with van der Waals surface area (Å²) in [7, 11) is 3.84. The Labute approximate surface area is 97.7 Å². The highest BCUT2D eigenvalue weighted by Crippen LogP contribution is 2.21. The summed E-state index contributed by atoms with van der Waals surface area (Å²) < 4.78 is 5.31. The van der Waals surface area contributed by atoms with Gasteiger partial charge in [0, 0.05) is 20.0 Å². The first kappa shape index (κ1) is 12.8. The average Bonchev–Trinajstić information content (AvgIpc) is 2.16. The van der Waals surface area contributed by atoms with Crippen molar-refractivity contribution in [3.63, 3.8) is 0 Å². The summed E-state index contributed by atoms with van der Waals surface area (Å²) in [5, 5.41) is 0. The van der Waals surface area contributed by atoms with Crippen LogP contribution in [0.5, 0.6) is 0 Å². The van der Waals surface area contributed by atoms with Crippen molar-refractivity contribution in [2.24, 2.45) is 0 Å². The molecule has 1 aliphatic carbocycles. The Morgan fingerprint density at radius 2 is 2.23 bits per heavy atom. The highest BCUT2D eigenvalue weighted by Gasteiger charge is 2.10. The lowest BCUT2D eigenvalue weighted by Crippen LogP contribution is -2.19. The van der Waals surface area contributed by atoms with Gasteiger partial charge in [-0.05, 0) is 19.4 Å². The van der Waals surface area contributed by atoms with Gasteiger partial charge in [0.15, 0.2) is 0 Å². The molecule has 0 aliphatic heterocycles. The van der Waals surface area contributed by atoms with E-state index in [-0.39, 0.29) is 24.0 Å². The number of rotatable bonds is 3. The van der Waals surface area contributed by atoms with Crippen molar-refractivity contribution in [1.82, 2.24) is 4.90 Å². The van der Waals surface area contributed by atoms with Gasteiger partial charge in [-0.2, -0.15) is 0 Å². The molecule has 0 saturated heterocycles. The van der Waals surface area contributed by atoms with E-state index < -0.39 is 0 Å². The predicted octanol–water partition coefficient (Wildman–Crippen LogP) is 2.76. The molecule has 1 rings (SSSR count). The van der Waals surface area contributed by atoms with Gasteiger partial charge in [0.25, 0.3) is 0 Å². The van der Waals surface area contributed by atoms with Crippen LogP contribution in [0.3, 0.4) is 0 Å². The van der Waals surface area contributed by atoms with Crippen LogP contribution in [0.1, 0.15) is 19.8 Å². The zero-order chi connectivity index (χ0) is 8.97. The molecule has 0 radical (unpaired) electrons. The molecule has 0 aromatic heterocycles. The van der Waals surface area contributed by atoms with Crippen molar-refractivity contribution < 1.29 is 4.74 Å². The van der Waals surface area contributed by atoms with Crippen molar-refractivity contribution in [1.29, 1.82) is 0 Å². The minimum Gasteiger partial charge on any atom is -0.499 e. The van der Waals surface area contributed by atoms with E-state index in [1.165, 1.54) is 5.70 Å². The Morgan fingerprint density at radius 3 is 2.77 bits per heavy atom. The smallest absolute Gasteiger partial charge is 0.119 e. The van der Waals surface area contributed by atoms with Crippen LogP contribution < -0.4 is 0 Å². The third-order valence-electron chi connectivity index (χ3n) is 2.23. The Hall–Kier alpha value is -0.190. The summed E-state index contributed by atoms with van der Waals surface area (Å²) in [6.07, 6.45) is 6.48. The van der Waals surface area contributed by atoms with Gasteiger partial charge >= 0.3 is 0 Å². The first-order chi connectivity index (χ1) is 5.79. The van der Waals surface area contributed by atoms with Crippen LogP contribution in [0.25, 0.3) is 0 Å². The molecule has 13 heavy (non-hydrogen) atoms. The standard InChI is InChI=1S/C10H17NO.HI/c1-4-11(2)9-7-5-6-8-10(9)12-3;/h5,7H,4,6,8H2,1-3H3;1H. The van der Waals surface area contributed by atoms with Gasteiger partial charge in [0.1, 0.15) is 5.76 Å². The third kappa shape index (κ3) is 3.21. The molecule has 0 aromatic rings. The SMILES string of the molecule is CCN(C)C1=C(OC)CCC=C1.I. The summed E-state index contributed by atoms with van der Waals surface area (Å²) in [4.78, 5) is 2.20. The zero-order valence-corrected chi connectivity index (χ0v) is 10.9. The highest BCUT2D eigenvalue weighted by molar-refractivity contribution is 14.0. The molecule has 0 N–H and O–H groups in total. The van der Waals surface area contributed by atoms with Crippen LogP contribution in [0, 0.1) is 0 Å². The van der Waals surface area contributed by atoms with E-state index in [1.54, 1.807) is 7.11 Å². The summed E-state index contributed by atoms with van der Waals surface area (Å²) in [5.41, 5.74) is 1.23. The van der Waals surface area contributed by atoms with Crippen LogP contribution in [-0.2, 0) is 4.74 Å². The second kappa shape index (κ2) is 6.29. The van der Waals surface area contributed by atoms with Gasteiger partial charge < -0.3 is 9.64 Å². The molecular weight excluding hydrogens is 277 g/mol. The van der Waals surface area contributed by atoms with Crippen molar-refractivity contribution >= 4 is 24.0 Å². The number of likely N-dealkylation sites (N-methyl/N-ethyl adjacent to an activating group) is 1. The third-order valence-corrected chi connectivity index (χ3v) is 2.23. The number of hydrogen-bond acceptors (Lipinski definition) is 2. The van der Waals surface area contributed by atoms with Gasteiger partial charge in [-0.15, -0.1) is 24.0 Å². The zero-order valence-electron chi connectivity index (χ0n) is 8.54. The fraction of sp³-hybridized carbons (Fsp3) is 0.600. The predicted molar refractivity (Wildman–Crippen MR) is 66.1 cm³/mol. The Kier molecular flexibility index (Phi) is 6.20. The fourth-order valence-electron chi connectivity index (χ4n) is 1.35. The maximum absolute atomic E-state index is 5.31. The molecule has 0 fully saturated rings. The average molecular weight is 295 g/mol. The number of halogens is 1. The van der Waals surface area contributed by atoms with Crippen LogP contribution in [0.2, 0.25) is 0 Å². The van der Waals surface area contributed by atoms with E-state index in [4.69, 9.17) is 4.74 Å². The van der Waals surface area contributed by atoms with E-state index in [9.17, 15) is 0 Å². The van der Waals surface area contributed by atoms with Gasteiger partial charge in [0.05, 0.1) is 12.8 Å². The van der Waals surface area contributed by atoms with E-state index in [0.717, 1.165) is 25.1 Å². The minimum absolute atomic E-state index is 0. The molecule has 3 heteroatoms. The lowest BCUT2D eigenvalue weighted by Gasteiger charge is -2.23. The summed E-state index contributed by atoms with van der Waals surface area (Å²) in [5.74, 6) is 1.11. The van der Waals surface area contributed by atoms with Crippen molar-refractivity contribution in [3.05, 3.63) is 23.6 Å². The van der Waals surface area contributed by atoms with Crippen LogP contribution >= 0.6 is 24.0 Å². The fourth-order valence-corrected chi connectivity index (χ4v) is 1.35. The monoisotopic (exact) mass is 295 g/mol. The number of methoxy groups -OCH3 is 1. The second-order valence-electron chi connectivity index (χ2n) is 2.97. The topological polar surface area (TPSA) is 12.5 Å². The number of hydrogen-bond donors (Lipinski definition) is 0. The maximum atomic E-state index is 5.31. The summed E-state index contributed by atoms with van der Waals surface area (Å²) in [6, 6.07) is 0. The summed E-state index contributed by atoms with van der Waals surface area (Å²) >= 11 is 0. The Balaban J connectivity index is 0.00000144. The van der Waals surface area contributed by atoms with Crippen LogP contribution in [-0.4, -0.2) is 25.6 Å². The molecule has 76 valence electrons. The lowest BCUT2D eigenvalue weighted by molar-refractivity contribution is 0.255.